The number of nitrogens with zero attached hydrogens (tertiary/aromatic N) is 2. The number of carbonyl (C=O) groups is 1. The van der Waals surface area contributed by atoms with Crippen LogP contribution < -0.4 is 10.6 Å². The summed E-state index contributed by atoms with van der Waals surface area (Å²) in [6, 6.07) is 9.84. The summed E-state index contributed by atoms with van der Waals surface area (Å²) in [5, 5.41) is 10.3. The summed E-state index contributed by atoms with van der Waals surface area (Å²) in [5.74, 6) is -1.87. The van der Waals surface area contributed by atoms with Gasteiger partial charge in [-0.15, -0.1) is 0 Å². The van der Waals surface area contributed by atoms with Crippen LogP contribution in [-0.4, -0.2) is 15.8 Å². The number of benzene rings is 2. The molecule has 0 saturated heterocycles. The zero-order valence-electron chi connectivity index (χ0n) is 14.4. The molecule has 2 N–H and O–H groups in total. The predicted molar refractivity (Wildman–Crippen MR) is 98.7 cm³/mol. The van der Waals surface area contributed by atoms with Gasteiger partial charge in [0.15, 0.2) is 11.6 Å². The van der Waals surface area contributed by atoms with Crippen molar-refractivity contribution in [3.8, 4) is 5.69 Å². The van der Waals surface area contributed by atoms with Gasteiger partial charge in [-0.1, -0.05) is 17.7 Å². The van der Waals surface area contributed by atoms with E-state index in [-0.39, 0.29) is 6.54 Å². The molecular formula is C19H17ClF2N4O. The molecule has 0 aliphatic heterocycles. The number of urea groups is 1. The summed E-state index contributed by atoms with van der Waals surface area (Å²) in [5.41, 5.74) is 2.13. The van der Waals surface area contributed by atoms with Gasteiger partial charge in [0.25, 0.3) is 0 Å². The quantitative estimate of drug-likeness (QED) is 0.679. The fraction of sp³-hybridized carbons (Fsp3) is 0.158. The van der Waals surface area contributed by atoms with E-state index in [9.17, 15) is 13.6 Å². The molecule has 0 bridgehead atoms. The van der Waals surface area contributed by atoms with Gasteiger partial charge in [0.1, 0.15) is 0 Å². The minimum Gasteiger partial charge on any atom is -0.334 e. The Morgan fingerprint density at radius 2 is 1.93 bits per heavy atom. The van der Waals surface area contributed by atoms with Gasteiger partial charge in [-0.2, -0.15) is 5.10 Å². The van der Waals surface area contributed by atoms with E-state index in [4.69, 9.17) is 11.6 Å². The molecule has 3 aromatic rings. The number of carbonyl (C=O) groups excluding carboxylic acids is 1. The Morgan fingerprint density at radius 1 is 1.19 bits per heavy atom. The molecule has 27 heavy (non-hydrogen) atoms. The zero-order chi connectivity index (χ0) is 19.4. The molecule has 0 radical (unpaired) electrons. The minimum atomic E-state index is -0.948. The van der Waals surface area contributed by atoms with Crippen LogP contribution in [0.2, 0.25) is 5.02 Å². The van der Waals surface area contributed by atoms with E-state index in [0.29, 0.717) is 10.6 Å². The fourth-order valence-corrected chi connectivity index (χ4v) is 2.61. The van der Waals surface area contributed by atoms with Crippen molar-refractivity contribution in [3.63, 3.8) is 0 Å². The van der Waals surface area contributed by atoms with Gasteiger partial charge < -0.3 is 10.6 Å². The van der Waals surface area contributed by atoms with E-state index in [0.717, 1.165) is 23.4 Å². The van der Waals surface area contributed by atoms with E-state index in [2.05, 4.69) is 15.7 Å². The highest BCUT2D eigenvalue weighted by Crippen LogP contribution is 2.16. The van der Waals surface area contributed by atoms with Crippen molar-refractivity contribution >= 4 is 17.6 Å². The summed E-state index contributed by atoms with van der Waals surface area (Å²) in [7, 11) is 0. The lowest BCUT2D eigenvalue weighted by atomic mass is 10.1. The van der Waals surface area contributed by atoms with E-state index >= 15 is 0 Å². The van der Waals surface area contributed by atoms with E-state index in [1.54, 1.807) is 36.1 Å². The number of aromatic nitrogens is 2. The summed E-state index contributed by atoms with van der Waals surface area (Å²) in [6.45, 7) is 1.95. The van der Waals surface area contributed by atoms with Crippen LogP contribution in [0, 0.1) is 11.6 Å². The maximum absolute atomic E-state index is 13.3. The molecule has 0 aliphatic carbocycles. The molecule has 2 aromatic carbocycles. The van der Waals surface area contributed by atoms with Gasteiger partial charge in [0.2, 0.25) is 0 Å². The average Bonchev–Trinajstić information content (AvgIpc) is 3.12. The lowest BCUT2D eigenvalue weighted by Gasteiger charge is -2.15. The number of rotatable bonds is 5. The molecule has 1 unspecified atom stereocenters. The first-order valence-electron chi connectivity index (χ1n) is 8.21. The molecule has 1 heterocycles. The third-order valence-electron chi connectivity index (χ3n) is 3.97. The molecule has 8 heteroatoms. The van der Waals surface area contributed by atoms with Crippen molar-refractivity contribution in [1.29, 1.82) is 0 Å². The van der Waals surface area contributed by atoms with Gasteiger partial charge in [-0.3, -0.25) is 0 Å². The molecule has 2 amide bonds. The Bertz CT molecular complexity index is 943. The Kier molecular flexibility index (Phi) is 5.71. The van der Waals surface area contributed by atoms with Gasteiger partial charge in [-0.05, 0) is 48.9 Å². The highest BCUT2D eigenvalue weighted by Gasteiger charge is 2.12. The Morgan fingerprint density at radius 3 is 2.63 bits per heavy atom. The monoisotopic (exact) mass is 390 g/mol. The predicted octanol–water partition coefficient (Wildman–Crippen LogP) is 4.36. The lowest BCUT2D eigenvalue weighted by molar-refractivity contribution is 0.237. The summed E-state index contributed by atoms with van der Waals surface area (Å²) >= 11 is 5.87. The number of amides is 2. The maximum Gasteiger partial charge on any atom is 0.315 e. The molecule has 0 aliphatic rings. The third-order valence-corrected chi connectivity index (χ3v) is 4.22. The Balaban J connectivity index is 1.54. The Labute approximate surface area is 160 Å². The maximum atomic E-state index is 13.3. The highest BCUT2D eigenvalue weighted by atomic mass is 35.5. The largest absolute Gasteiger partial charge is 0.334 e. The number of nitrogens with one attached hydrogen (secondary N) is 2. The molecule has 140 valence electrons. The zero-order valence-corrected chi connectivity index (χ0v) is 15.2. The van der Waals surface area contributed by atoms with Gasteiger partial charge in [0.05, 0.1) is 17.9 Å². The molecule has 3 rings (SSSR count). The molecule has 1 aromatic heterocycles. The molecular weight excluding hydrogens is 374 g/mol. The topological polar surface area (TPSA) is 59.0 Å². The van der Waals surface area contributed by atoms with Crippen LogP contribution in [0.5, 0.6) is 0 Å². The normalized spacial score (nSPS) is 11.9. The van der Waals surface area contributed by atoms with Crippen LogP contribution in [-0.2, 0) is 6.54 Å². The summed E-state index contributed by atoms with van der Waals surface area (Å²) in [6.07, 6.45) is 3.44. The summed E-state index contributed by atoms with van der Waals surface area (Å²) in [4.78, 5) is 12.0. The number of hydrogen-bond acceptors (Lipinski definition) is 2. The first-order valence-corrected chi connectivity index (χ1v) is 8.59. The molecule has 5 nitrogen and oxygen atoms in total. The third kappa shape index (κ3) is 4.83. The van der Waals surface area contributed by atoms with E-state index in [1.807, 2.05) is 12.1 Å². The standard InChI is InChI=1S/C19H17ClF2N4O/c1-12(14-2-7-17(21)18(22)8-14)25-19(27)23-9-13-10-24-26(11-13)16-5-3-15(20)4-6-16/h2-8,10-12H,9H2,1H3,(H2,23,25,27). The first kappa shape index (κ1) is 18.8. The fourth-order valence-electron chi connectivity index (χ4n) is 2.48. The SMILES string of the molecule is CC(NC(=O)NCc1cnn(-c2ccc(Cl)cc2)c1)c1ccc(F)c(F)c1. The van der Waals surface area contributed by atoms with Gasteiger partial charge >= 0.3 is 6.03 Å². The second-order valence-corrected chi connectivity index (χ2v) is 6.43. The van der Waals surface area contributed by atoms with Crippen molar-refractivity contribution < 1.29 is 13.6 Å². The lowest BCUT2D eigenvalue weighted by Crippen LogP contribution is -2.36. The Hall–Kier alpha value is -2.93. The van der Waals surface area contributed by atoms with Crippen LogP contribution >= 0.6 is 11.6 Å². The number of halogens is 3. The van der Waals surface area contributed by atoms with Gasteiger partial charge in [0, 0.05) is 23.3 Å². The summed E-state index contributed by atoms with van der Waals surface area (Å²) < 4.78 is 28.0. The van der Waals surface area contributed by atoms with Crippen LogP contribution in [0.25, 0.3) is 5.69 Å². The molecule has 1 atom stereocenters. The first-order chi connectivity index (χ1) is 12.9. The van der Waals surface area contributed by atoms with Gasteiger partial charge in [-0.25, -0.2) is 18.3 Å². The van der Waals surface area contributed by atoms with Crippen molar-refractivity contribution in [2.24, 2.45) is 0 Å². The molecule has 0 saturated carbocycles. The van der Waals surface area contributed by atoms with E-state index in [1.165, 1.54) is 6.07 Å². The highest BCUT2D eigenvalue weighted by molar-refractivity contribution is 6.30. The van der Waals surface area contributed by atoms with Crippen LogP contribution in [0.15, 0.2) is 54.9 Å². The molecule has 0 spiro atoms. The van der Waals surface area contributed by atoms with Crippen molar-refractivity contribution in [1.82, 2.24) is 20.4 Å². The second-order valence-electron chi connectivity index (χ2n) is 5.99. The van der Waals surface area contributed by atoms with Crippen molar-refractivity contribution in [3.05, 3.63) is 82.6 Å². The van der Waals surface area contributed by atoms with Crippen LogP contribution in [0.4, 0.5) is 13.6 Å². The van der Waals surface area contributed by atoms with E-state index < -0.39 is 23.7 Å². The minimum absolute atomic E-state index is 0.268. The smallest absolute Gasteiger partial charge is 0.315 e. The number of hydrogen-bond donors (Lipinski definition) is 2. The molecule has 0 fully saturated rings. The second kappa shape index (κ2) is 8.18. The van der Waals surface area contributed by atoms with Crippen LogP contribution in [0.1, 0.15) is 24.1 Å². The van der Waals surface area contributed by atoms with Crippen LogP contribution in [0.3, 0.4) is 0 Å². The average molecular weight is 391 g/mol. The van der Waals surface area contributed by atoms with Crippen molar-refractivity contribution in [2.45, 2.75) is 19.5 Å². The van der Waals surface area contributed by atoms with Crippen molar-refractivity contribution in [2.75, 3.05) is 0 Å².